The monoisotopic (exact) mass is 429 g/mol. The quantitative estimate of drug-likeness (QED) is 0.483. The molecule has 0 heterocycles. The first kappa shape index (κ1) is 22.6. The fourth-order valence-corrected chi connectivity index (χ4v) is 6.01. The number of carbonyl (C=O) groups is 1. The van der Waals surface area contributed by atoms with Gasteiger partial charge in [-0.3, -0.25) is 4.79 Å². The Morgan fingerprint density at radius 3 is 2.12 bits per heavy atom. The largest absolute Gasteiger partial charge is 0.497 e. The van der Waals surface area contributed by atoms with Crippen molar-refractivity contribution in [1.82, 2.24) is 0 Å². The minimum Gasteiger partial charge on any atom is -0.497 e. The highest BCUT2D eigenvalue weighted by molar-refractivity contribution is 5.82. The van der Waals surface area contributed by atoms with Gasteiger partial charge in [0.2, 0.25) is 0 Å². The van der Waals surface area contributed by atoms with Crippen molar-refractivity contribution in [2.75, 3.05) is 7.11 Å². The van der Waals surface area contributed by atoms with E-state index in [1.165, 1.54) is 16.7 Å². The van der Waals surface area contributed by atoms with E-state index in [0.29, 0.717) is 18.1 Å². The fourth-order valence-electron chi connectivity index (χ4n) is 6.01. The summed E-state index contributed by atoms with van der Waals surface area (Å²) in [5.74, 6) is 2.29. The first-order chi connectivity index (χ1) is 15.6. The van der Waals surface area contributed by atoms with Crippen LogP contribution in [-0.2, 0) is 4.79 Å². The Balaban J connectivity index is 1.39. The molecule has 0 bridgehead atoms. The summed E-state index contributed by atoms with van der Waals surface area (Å²) in [5, 5.41) is 10.1. The molecule has 2 aromatic carbocycles. The van der Waals surface area contributed by atoms with Crippen LogP contribution < -0.4 is 4.74 Å². The average molecular weight is 430 g/mol. The van der Waals surface area contributed by atoms with Gasteiger partial charge in [0.15, 0.2) is 0 Å². The smallest absolute Gasteiger partial charge is 0.136 e. The molecule has 0 radical (unpaired) electrons. The Morgan fingerprint density at radius 1 is 0.969 bits per heavy atom. The number of nitriles is 1. The molecular formula is C29H35NO2. The molecule has 2 aliphatic rings. The average Bonchev–Trinajstić information content (AvgIpc) is 2.85. The molecule has 0 spiro atoms. The SMILES string of the molecule is CCC[C@@H]1CC[C@@H](C2(C#N)CCC(c3ccc(-c4ccc(OC)cc4)cc3)CC2)CC1=O. The molecule has 0 aromatic heterocycles. The summed E-state index contributed by atoms with van der Waals surface area (Å²) in [6, 6.07) is 19.8. The topological polar surface area (TPSA) is 50.1 Å². The summed E-state index contributed by atoms with van der Waals surface area (Å²) < 4.78 is 5.25. The fraction of sp³-hybridized carbons (Fsp3) is 0.517. The maximum absolute atomic E-state index is 12.6. The van der Waals surface area contributed by atoms with Gasteiger partial charge in [-0.05, 0) is 85.6 Å². The molecule has 2 aliphatic carbocycles. The second kappa shape index (κ2) is 9.90. The first-order valence-corrected chi connectivity index (χ1v) is 12.3. The number of ether oxygens (including phenoxy) is 1. The number of hydrogen-bond acceptors (Lipinski definition) is 3. The summed E-state index contributed by atoms with van der Waals surface area (Å²) in [6.45, 7) is 2.15. The molecule has 2 saturated carbocycles. The number of rotatable bonds is 6. The van der Waals surface area contributed by atoms with Crippen molar-refractivity contribution < 1.29 is 9.53 Å². The number of ketones is 1. The van der Waals surface area contributed by atoms with Crippen LogP contribution in [-0.4, -0.2) is 12.9 Å². The summed E-state index contributed by atoms with van der Waals surface area (Å²) >= 11 is 0. The highest BCUT2D eigenvalue weighted by atomic mass is 16.5. The normalized spacial score (nSPS) is 28.2. The molecule has 3 heteroatoms. The predicted molar refractivity (Wildman–Crippen MR) is 128 cm³/mol. The number of hydrogen-bond donors (Lipinski definition) is 0. The minimum atomic E-state index is -0.299. The number of nitrogens with zero attached hydrogens (tertiary/aromatic N) is 1. The molecule has 0 unspecified atom stereocenters. The highest BCUT2D eigenvalue weighted by Gasteiger charge is 2.45. The highest BCUT2D eigenvalue weighted by Crippen LogP contribution is 2.51. The summed E-state index contributed by atoms with van der Waals surface area (Å²) in [6.07, 6.45) is 8.66. The zero-order valence-corrected chi connectivity index (χ0v) is 19.5. The zero-order valence-electron chi connectivity index (χ0n) is 19.5. The zero-order chi connectivity index (χ0) is 22.6. The molecule has 3 nitrogen and oxygen atoms in total. The van der Waals surface area contributed by atoms with Crippen LogP contribution in [0.15, 0.2) is 48.5 Å². The molecule has 32 heavy (non-hydrogen) atoms. The molecule has 0 N–H and O–H groups in total. The van der Waals surface area contributed by atoms with E-state index in [0.717, 1.165) is 57.1 Å². The van der Waals surface area contributed by atoms with Gasteiger partial charge >= 0.3 is 0 Å². The Labute approximate surface area is 192 Å². The summed E-state index contributed by atoms with van der Waals surface area (Å²) in [7, 11) is 1.68. The third kappa shape index (κ3) is 4.60. The van der Waals surface area contributed by atoms with Crippen LogP contribution in [0.3, 0.4) is 0 Å². The van der Waals surface area contributed by atoms with Crippen molar-refractivity contribution in [2.24, 2.45) is 17.3 Å². The Hall–Kier alpha value is -2.60. The van der Waals surface area contributed by atoms with E-state index in [1.54, 1.807) is 7.11 Å². The number of Topliss-reactive ketones (excluding diaryl/α,β-unsaturated/α-hetero) is 1. The van der Waals surface area contributed by atoms with Crippen molar-refractivity contribution in [3.8, 4) is 22.9 Å². The van der Waals surface area contributed by atoms with Crippen LogP contribution in [0.5, 0.6) is 5.75 Å². The van der Waals surface area contributed by atoms with E-state index >= 15 is 0 Å². The third-order valence-corrected chi connectivity index (χ3v) is 8.09. The Kier molecular flexibility index (Phi) is 6.99. The molecule has 0 saturated heterocycles. The van der Waals surface area contributed by atoms with E-state index in [9.17, 15) is 10.1 Å². The maximum Gasteiger partial charge on any atom is 0.136 e. The lowest BCUT2D eigenvalue weighted by Crippen LogP contribution is -2.38. The van der Waals surface area contributed by atoms with Crippen molar-refractivity contribution in [2.45, 2.75) is 70.6 Å². The van der Waals surface area contributed by atoms with Crippen LogP contribution in [0.4, 0.5) is 0 Å². The van der Waals surface area contributed by atoms with Crippen LogP contribution in [0.25, 0.3) is 11.1 Å². The molecule has 4 rings (SSSR count). The van der Waals surface area contributed by atoms with Gasteiger partial charge in [0.05, 0.1) is 18.6 Å². The van der Waals surface area contributed by atoms with Crippen molar-refractivity contribution in [3.63, 3.8) is 0 Å². The van der Waals surface area contributed by atoms with Crippen molar-refractivity contribution in [3.05, 3.63) is 54.1 Å². The van der Waals surface area contributed by atoms with Gasteiger partial charge in [-0.2, -0.15) is 5.26 Å². The van der Waals surface area contributed by atoms with Crippen LogP contribution >= 0.6 is 0 Å². The molecular weight excluding hydrogens is 394 g/mol. The van der Waals surface area contributed by atoms with Gasteiger partial charge in [0.1, 0.15) is 11.5 Å². The van der Waals surface area contributed by atoms with Crippen molar-refractivity contribution in [1.29, 1.82) is 5.26 Å². The molecule has 2 aromatic rings. The van der Waals surface area contributed by atoms with Gasteiger partial charge in [0.25, 0.3) is 0 Å². The molecule has 168 valence electrons. The van der Waals surface area contributed by atoms with Crippen LogP contribution in [0.1, 0.15) is 76.2 Å². The number of benzene rings is 2. The molecule has 0 amide bonds. The first-order valence-electron chi connectivity index (χ1n) is 12.3. The predicted octanol–water partition coefficient (Wildman–Crippen LogP) is 7.32. The van der Waals surface area contributed by atoms with Crippen LogP contribution in [0.2, 0.25) is 0 Å². The van der Waals surface area contributed by atoms with Gasteiger partial charge in [-0.1, -0.05) is 49.7 Å². The van der Waals surface area contributed by atoms with Gasteiger partial charge in [-0.15, -0.1) is 0 Å². The Bertz CT molecular complexity index is 946. The van der Waals surface area contributed by atoms with E-state index in [2.05, 4.69) is 49.4 Å². The minimum absolute atomic E-state index is 0.243. The second-order valence-corrected chi connectivity index (χ2v) is 9.82. The molecule has 2 atom stereocenters. The summed E-state index contributed by atoms with van der Waals surface area (Å²) in [4.78, 5) is 12.6. The number of methoxy groups -OCH3 is 1. The van der Waals surface area contributed by atoms with Gasteiger partial charge in [0, 0.05) is 12.3 Å². The Morgan fingerprint density at radius 2 is 1.59 bits per heavy atom. The van der Waals surface area contributed by atoms with Gasteiger partial charge in [-0.25, -0.2) is 0 Å². The molecule has 2 fully saturated rings. The van der Waals surface area contributed by atoms with Crippen molar-refractivity contribution >= 4 is 5.78 Å². The second-order valence-electron chi connectivity index (χ2n) is 9.82. The van der Waals surface area contributed by atoms with E-state index in [-0.39, 0.29) is 17.3 Å². The third-order valence-electron chi connectivity index (χ3n) is 8.09. The van der Waals surface area contributed by atoms with E-state index in [1.807, 2.05) is 12.1 Å². The maximum atomic E-state index is 12.6. The summed E-state index contributed by atoms with van der Waals surface area (Å²) in [5.41, 5.74) is 3.47. The lowest BCUT2D eigenvalue weighted by molar-refractivity contribution is -0.128. The lowest BCUT2D eigenvalue weighted by atomic mass is 9.59. The number of carbonyl (C=O) groups excluding carboxylic acids is 1. The molecule has 0 aliphatic heterocycles. The van der Waals surface area contributed by atoms with Crippen LogP contribution in [0, 0.1) is 28.6 Å². The van der Waals surface area contributed by atoms with E-state index < -0.39 is 0 Å². The van der Waals surface area contributed by atoms with E-state index in [4.69, 9.17) is 4.74 Å². The lowest BCUT2D eigenvalue weighted by Gasteiger charge is -2.43. The standard InChI is InChI=1S/C29H35NO2/c1-3-4-25-9-12-26(19-28(25)31)29(20-30)17-15-24(16-18-29)22-7-5-21(6-8-22)23-10-13-27(32-2)14-11-23/h5-8,10-11,13-14,24-26H,3-4,9,12,15-19H2,1-2H3/t24?,25-,26-,29?/m1/s1. The van der Waals surface area contributed by atoms with Gasteiger partial charge < -0.3 is 4.74 Å².